The largest absolute Gasteiger partial charge is 0.366 e. The molecule has 0 aliphatic heterocycles. The average Bonchev–Trinajstić information content (AvgIpc) is 2.78. The number of nitrogens with one attached hydrogen (secondary N) is 1. The molecule has 1 N–H and O–H groups in total. The van der Waals surface area contributed by atoms with Crippen molar-refractivity contribution in [2.24, 2.45) is 34.6 Å². The van der Waals surface area contributed by atoms with E-state index in [-0.39, 0.29) is 0 Å². The summed E-state index contributed by atoms with van der Waals surface area (Å²) < 4.78 is 5.69. The number of nitrogens with zero attached hydrogens (tertiary/aromatic N) is 1. The molecule has 0 spiro atoms. The molecule has 0 aromatic heterocycles. The van der Waals surface area contributed by atoms with E-state index in [0.717, 1.165) is 30.6 Å². The van der Waals surface area contributed by atoms with Gasteiger partial charge < -0.3 is 4.74 Å². The van der Waals surface area contributed by atoms with Crippen LogP contribution in [-0.4, -0.2) is 26.6 Å². The van der Waals surface area contributed by atoms with Crippen molar-refractivity contribution in [1.29, 1.82) is 0 Å². The van der Waals surface area contributed by atoms with E-state index in [1.165, 1.54) is 63.4 Å². The van der Waals surface area contributed by atoms with Crippen LogP contribution in [0.5, 0.6) is 0 Å². The molecule has 0 radical (unpaired) electrons. The fourth-order valence-corrected chi connectivity index (χ4v) is 5.25. The SMILES string of the molecule is C=C(CC1CCC(C)CC1)N=CC1=CC=CC(CCCC(CC)COCNC)C1CC. The van der Waals surface area contributed by atoms with Gasteiger partial charge in [0.05, 0.1) is 13.3 Å². The summed E-state index contributed by atoms with van der Waals surface area (Å²) in [7, 11) is 1.93. The normalized spacial score (nSPS) is 27.4. The van der Waals surface area contributed by atoms with Gasteiger partial charge in [0.15, 0.2) is 0 Å². The van der Waals surface area contributed by atoms with E-state index >= 15 is 0 Å². The zero-order valence-electron chi connectivity index (χ0n) is 20.7. The predicted molar refractivity (Wildman–Crippen MR) is 135 cm³/mol. The maximum atomic E-state index is 5.69. The Morgan fingerprint density at radius 3 is 2.74 bits per heavy atom. The maximum Gasteiger partial charge on any atom is 0.0962 e. The lowest BCUT2D eigenvalue weighted by Gasteiger charge is -2.28. The third kappa shape index (κ3) is 9.45. The molecule has 2 rings (SSSR count). The monoisotopic (exact) mass is 428 g/mol. The number of aliphatic imine (C=N–C) groups is 1. The number of allylic oxidation sites excluding steroid dienone is 5. The molecule has 31 heavy (non-hydrogen) atoms. The van der Waals surface area contributed by atoms with Gasteiger partial charge in [-0.2, -0.15) is 0 Å². The summed E-state index contributed by atoms with van der Waals surface area (Å²) in [6.07, 6.45) is 21.7. The summed E-state index contributed by atoms with van der Waals surface area (Å²) in [5.74, 6) is 3.57. The minimum absolute atomic E-state index is 0.581. The van der Waals surface area contributed by atoms with Crippen LogP contribution >= 0.6 is 0 Å². The van der Waals surface area contributed by atoms with Crippen molar-refractivity contribution >= 4 is 6.21 Å². The second-order valence-electron chi connectivity index (χ2n) is 9.96. The molecule has 0 saturated heterocycles. The molecule has 3 unspecified atom stereocenters. The molecular formula is C28H48N2O. The molecule has 1 fully saturated rings. The van der Waals surface area contributed by atoms with Gasteiger partial charge in [-0.25, -0.2) is 0 Å². The lowest BCUT2D eigenvalue weighted by Crippen LogP contribution is -2.19. The van der Waals surface area contributed by atoms with Crippen LogP contribution in [0.4, 0.5) is 0 Å². The van der Waals surface area contributed by atoms with Crippen LogP contribution in [0.25, 0.3) is 0 Å². The third-order valence-electron chi connectivity index (χ3n) is 7.41. The summed E-state index contributed by atoms with van der Waals surface area (Å²) in [4.78, 5) is 4.81. The highest BCUT2D eigenvalue weighted by molar-refractivity contribution is 5.81. The molecule has 1 saturated carbocycles. The van der Waals surface area contributed by atoms with Crippen molar-refractivity contribution in [3.05, 3.63) is 36.1 Å². The van der Waals surface area contributed by atoms with Crippen molar-refractivity contribution in [1.82, 2.24) is 5.32 Å². The first-order valence-electron chi connectivity index (χ1n) is 12.9. The van der Waals surface area contributed by atoms with E-state index in [0.29, 0.717) is 24.5 Å². The van der Waals surface area contributed by atoms with Crippen LogP contribution in [0.1, 0.15) is 85.0 Å². The highest BCUT2D eigenvalue weighted by atomic mass is 16.5. The number of rotatable bonds is 14. The van der Waals surface area contributed by atoms with E-state index in [9.17, 15) is 0 Å². The zero-order chi connectivity index (χ0) is 22.5. The van der Waals surface area contributed by atoms with Crippen molar-refractivity contribution in [2.75, 3.05) is 20.4 Å². The van der Waals surface area contributed by atoms with Gasteiger partial charge in [0.1, 0.15) is 0 Å². The van der Waals surface area contributed by atoms with Crippen LogP contribution in [0, 0.1) is 29.6 Å². The zero-order valence-corrected chi connectivity index (χ0v) is 20.7. The van der Waals surface area contributed by atoms with Gasteiger partial charge in [0.25, 0.3) is 0 Å². The summed E-state index contributed by atoms with van der Waals surface area (Å²) in [6, 6.07) is 0. The van der Waals surface area contributed by atoms with Gasteiger partial charge in [-0.1, -0.05) is 71.3 Å². The van der Waals surface area contributed by atoms with E-state index < -0.39 is 0 Å². The van der Waals surface area contributed by atoms with E-state index in [1.54, 1.807) is 0 Å². The molecule has 3 atom stereocenters. The van der Waals surface area contributed by atoms with Crippen LogP contribution in [-0.2, 0) is 4.74 Å². The molecule has 0 amide bonds. The van der Waals surface area contributed by atoms with Crippen LogP contribution in [0.3, 0.4) is 0 Å². The molecular weight excluding hydrogens is 380 g/mol. The molecule has 176 valence electrons. The van der Waals surface area contributed by atoms with Gasteiger partial charge in [-0.3, -0.25) is 10.3 Å². The van der Waals surface area contributed by atoms with Gasteiger partial charge >= 0.3 is 0 Å². The Morgan fingerprint density at radius 2 is 2.06 bits per heavy atom. The van der Waals surface area contributed by atoms with Gasteiger partial charge in [0.2, 0.25) is 0 Å². The number of ether oxygens (including phenoxy) is 1. The third-order valence-corrected chi connectivity index (χ3v) is 7.41. The molecule has 0 aromatic carbocycles. The Morgan fingerprint density at radius 1 is 1.29 bits per heavy atom. The molecule has 3 nitrogen and oxygen atoms in total. The summed E-state index contributed by atoms with van der Waals surface area (Å²) >= 11 is 0. The van der Waals surface area contributed by atoms with Gasteiger partial charge in [-0.15, -0.1) is 0 Å². The van der Waals surface area contributed by atoms with Crippen molar-refractivity contribution in [3.8, 4) is 0 Å². The van der Waals surface area contributed by atoms with Crippen LogP contribution in [0.2, 0.25) is 0 Å². The molecule has 0 heterocycles. The Hall–Kier alpha value is -1.19. The van der Waals surface area contributed by atoms with Crippen LogP contribution < -0.4 is 5.32 Å². The fourth-order valence-electron chi connectivity index (χ4n) is 5.25. The second kappa shape index (κ2) is 14.8. The first-order chi connectivity index (χ1) is 15.1. The van der Waals surface area contributed by atoms with Crippen molar-refractivity contribution in [3.63, 3.8) is 0 Å². The Balaban J connectivity index is 1.80. The Bertz CT molecular complexity index is 598. The summed E-state index contributed by atoms with van der Waals surface area (Å²) in [5.41, 5.74) is 2.45. The minimum Gasteiger partial charge on any atom is -0.366 e. The fraction of sp³-hybridized carbons (Fsp3) is 0.750. The standard InChI is InChI=1S/C28H48N2O/c1-6-24(20-31-21-29-5)10-8-11-26-12-9-13-27(28(26)7-2)19-30-23(4)18-25-16-14-22(3)15-17-25/h9,12-13,19,22,24-26,28-29H,4,6-8,10-11,14-18,20-21H2,1-3,5H3. The second-order valence-corrected chi connectivity index (χ2v) is 9.96. The van der Waals surface area contributed by atoms with Crippen molar-refractivity contribution in [2.45, 2.75) is 85.0 Å². The highest BCUT2D eigenvalue weighted by Gasteiger charge is 2.23. The molecule has 2 aliphatic rings. The van der Waals surface area contributed by atoms with E-state index in [4.69, 9.17) is 9.73 Å². The Kier molecular flexibility index (Phi) is 12.4. The van der Waals surface area contributed by atoms with Gasteiger partial charge in [-0.05, 0) is 80.7 Å². The molecule has 2 aliphatic carbocycles. The Labute approximate surface area is 192 Å². The number of hydrogen-bond acceptors (Lipinski definition) is 3. The average molecular weight is 429 g/mol. The smallest absolute Gasteiger partial charge is 0.0962 e. The molecule has 0 bridgehead atoms. The quantitative estimate of drug-likeness (QED) is 0.179. The lowest BCUT2D eigenvalue weighted by molar-refractivity contribution is 0.0836. The molecule has 0 aromatic rings. The highest BCUT2D eigenvalue weighted by Crippen LogP contribution is 2.34. The van der Waals surface area contributed by atoms with Crippen molar-refractivity contribution < 1.29 is 4.74 Å². The lowest BCUT2D eigenvalue weighted by atomic mass is 9.78. The summed E-state index contributed by atoms with van der Waals surface area (Å²) in [6.45, 7) is 12.8. The predicted octanol–water partition coefficient (Wildman–Crippen LogP) is 7.32. The first kappa shape index (κ1) is 26.1. The minimum atomic E-state index is 0.581. The summed E-state index contributed by atoms with van der Waals surface area (Å²) in [5, 5.41) is 3.06. The number of hydrogen-bond donors (Lipinski definition) is 1. The topological polar surface area (TPSA) is 33.6 Å². The van der Waals surface area contributed by atoms with Gasteiger partial charge in [0, 0.05) is 11.9 Å². The van der Waals surface area contributed by atoms with E-state index in [2.05, 4.69) is 57.1 Å². The molecule has 3 heteroatoms. The first-order valence-corrected chi connectivity index (χ1v) is 12.9. The van der Waals surface area contributed by atoms with E-state index in [1.807, 2.05) is 7.05 Å². The van der Waals surface area contributed by atoms with Crippen LogP contribution in [0.15, 0.2) is 41.1 Å². The maximum absolute atomic E-state index is 5.69.